The van der Waals surface area contributed by atoms with E-state index >= 15 is 0 Å². The normalized spacial score (nSPS) is 18.2. The molecule has 1 aliphatic carbocycles. The fourth-order valence-electron chi connectivity index (χ4n) is 4.38. The third kappa shape index (κ3) is 5.17. The van der Waals surface area contributed by atoms with Crippen molar-refractivity contribution >= 4 is 0 Å². The fourth-order valence-corrected chi connectivity index (χ4v) is 4.38. The predicted octanol–water partition coefficient (Wildman–Crippen LogP) is 7.03. The van der Waals surface area contributed by atoms with Crippen LogP contribution in [-0.4, -0.2) is 20.3 Å². The molecule has 0 aliphatic heterocycles. The highest BCUT2D eigenvalue weighted by atomic mass is 19.2. The standard InChI is InChI=1S/C27H27F3O3/c1-31-20-9-7-19(8-10-20)23-13-14-25(27(30)26(23)29)33-16-17-3-5-18(6-4-17)22-12-11-21(32-2)15-24(22)28/h3-6,11-15,19-20H,7-10,16H2,1-2H3. The Balaban J connectivity index is 1.41. The van der Waals surface area contributed by atoms with Crippen LogP contribution in [0.5, 0.6) is 11.5 Å². The lowest BCUT2D eigenvalue weighted by molar-refractivity contribution is 0.0654. The second kappa shape index (κ2) is 10.3. The molecule has 3 nitrogen and oxygen atoms in total. The summed E-state index contributed by atoms with van der Waals surface area (Å²) in [7, 11) is 3.17. The first kappa shape index (κ1) is 23.2. The summed E-state index contributed by atoms with van der Waals surface area (Å²) < 4.78 is 59.7. The van der Waals surface area contributed by atoms with Crippen molar-refractivity contribution < 1.29 is 27.4 Å². The Kier molecular flexibility index (Phi) is 7.23. The molecule has 1 saturated carbocycles. The molecule has 0 bridgehead atoms. The van der Waals surface area contributed by atoms with Gasteiger partial charge in [-0.25, -0.2) is 8.78 Å². The summed E-state index contributed by atoms with van der Waals surface area (Å²) >= 11 is 0. The number of rotatable bonds is 7. The van der Waals surface area contributed by atoms with Gasteiger partial charge < -0.3 is 14.2 Å². The van der Waals surface area contributed by atoms with Crippen LogP contribution in [0.1, 0.15) is 42.7 Å². The van der Waals surface area contributed by atoms with Gasteiger partial charge in [-0.2, -0.15) is 4.39 Å². The molecule has 3 aromatic carbocycles. The van der Waals surface area contributed by atoms with Gasteiger partial charge in [0.25, 0.3) is 0 Å². The van der Waals surface area contributed by atoms with Crippen molar-refractivity contribution in [3.63, 3.8) is 0 Å². The molecular weight excluding hydrogens is 429 g/mol. The van der Waals surface area contributed by atoms with E-state index in [-0.39, 0.29) is 30.2 Å². The third-order valence-electron chi connectivity index (χ3n) is 6.36. The molecule has 3 aromatic rings. The van der Waals surface area contributed by atoms with Crippen molar-refractivity contribution in [1.29, 1.82) is 0 Å². The van der Waals surface area contributed by atoms with Crippen LogP contribution in [0.25, 0.3) is 11.1 Å². The van der Waals surface area contributed by atoms with Crippen molar-refractivity contribution in [2.24, 2.45) is 0 Å². The number of benzene rings is 3. The van der Waals surface area contributed by atoms with Gasteiger partial charge in [-0.1, -0.05) is 30.3 Å². The zero-order valence-electron chi connectivity index (χ0n) is 18.7. The van der Waals surface area contributed by atoms with E-state index in [0.717, 1.165) is 31.2 Å². The van der Waals surface area contributed by atoms with E-state index in [2.05, 4.69) is 0 Å². The maximum absolute atomic E-state index is 14.8. The number of methoxy groups -OCH3 is 2. The van der Waals surface area contributed by atoms with Crippen molar-refractivity contribution in [3.05, 3.63) is 83.2 Å². The minimum atomic E-state index is -0.960. The van der Waals surface area contributed by atoms with Gasteiger partial charge >= 0.3 is 0 Å². The Morgan fingerprint density at radius 2 is 1.55 bits per heavy atom. The predicted molar refractivity (Wildman–Crippen MR) is 121 cm³/mol. The molecule has 6 heteroatoms. The first-order valence-electron chi connectivity index (χ1n) is 11.1. The highest BCUT2D eigenvalue weighted by Crippen LogP contribution is 2.37. The van der Waals surface area contributed by atoms with E-state index in [1.165, 1.54) is 19.2 Å². The van der Waals surface area contributed by atoms with Gasteiger partial charge in [0.1, 0.15) is 18.2 Å². The number of hydrogen-bond acceptors (Lipinski definition) is 3. The molecule has 0 spiro atoms. The van der Waals surface area contributed by atoms with Gasteiger partial charge in [-0.15, -0.1) is 0 Å². The van der Waals surface area contributed by atoms with E-state index in [4.69, 9.17) is 14.2 Å². The van der Waals surface area contributed by atoms with E-state index in [0.29, 0.717) is 22.4 Å². The lowest BCUT2D eigenvalue weighted by atomic mass is 9.82. The molecule has 0 atom stereocenters. The topological polar surface area (TPSA) is 27.7 Å². The summed E-state index contributed by atoms with van der Waals surface area (Å²) in [6.07, 6.45) is 3.43. The largest absolute Gasteiger partial charge is 0.497 e. The number of ether oxygens (including phenoxy) is 3. The zero-order chi connectivity index (χ0) is 23.4. The Bertz CT molecular complexity index is 1090. The highest BCUT2D eigenvalue weighted by molar-refractivity contribution is 5.65. The Morgan fingerprint density at radius 3 is 2.18 bits per heavy atom. The van der Waals surface area contributed by atoms with Crippen molar-refractivity contribution in [2.75, 3.05) is 14.2 Å². The Labute approximate surface area is 192 Å². The van der Waals surface area contributed by atoms with Crippen LogP contribution in [0.3, 0.4) is 0 Å². The molecule has 174 valence electrons. The monoisotopic (exact) mass is 456 g/mol. The first-order valence-corrected chi connectivity index (χ1v) is 11.1. The van der Waals surface area contributed by atoms with Crippen molar-refractivity contribution in [1.82, 2.24) is 0 Å². The highest BCUT2D eigenvalue weighted by Gasteiger charge is 2.26. The molecular formula is C27H27F3O3. The summed E-state index contributed by atoms with van der Waals surface area (Å²) in [5, 5.41) is 0. The van der Waals surface area contributed by atoms with Gasteiger partial charge in [0.05, 0.1) is 13.2 Å². The summed E-state index contributed by atoms with van der Waals surface area (Å²) in [4.78, 5) is 0. The molecule has 33 heavy (non-hydrogen) atoms. The quantitative estimate of drug-likeness (QED) is 0.382. The second-order valence-corrected chi connectivity index (χ2v) is 8.32. The molecule has 1 aliphatic rings. The van der Waals surface area contributed by atoms with Crippen molar-refractivity contribution in [3.8, 4) is 22.6 Å². The van der Waals surface area contributed by atoms with Crippen LogP contribution < -0.4 is 9.47 Å². The van der Waals surface area contributed by atoms with Gasteiger partial charge in [-0.3, -0.25) is 0 Å². The van der Waals surface area contributed by atoms with Crippen LogP contribution >= 0.6 is 0 Å². The average molecular weight is 457 g/mol. The van der Waals surface area contributed by atoms with Crippen molar-refractivity contribution in [2.45, 2.75) is 44.3 Å². The van der Waals surface area contributed by atoms with Gasteiger partial charge in [-0.05, 0) is 66.5 Å². The molecule has 0 amide bonds. The third-order valence-corrected chi connectivity index (χ3v) is 6.36. The molecule has 0 N–H and O–H groups in total. The van der Waals surface area contributed by atoms with Gasteiger partial charge in [0.15, 0.2) is 11.6 Å². The zero-order valence-corrected chi connectivity index (χ0v) is 18.7. The van der Waals surface area contributed by atoms with Crippen LogP contribution in [0.4, 0.5) is 13.2 Å². The molecule has 0 aromatic heterocycles. The molecule has 0 unspecified atom stereocenters. The fraction of sp³-hybridized carbons (Fsp3) is 0.333. The summed E-state index contributed by atoms with van der Waals surface area (Å²) in [6.45, 7) is 0.0695. The van der Waals surface area contributed by atoms with Gasteiger partial charge in [0, 0.05) is 18.7 Å². The molecule has 0 radical (unpaired) electrons. The Morgan fingerprint density at radius 1 is 0.818 bits per heavy atom. The van der Waals surface area contributed by atoms with Crippen LogP contribution in [-0.2, 0) is 11.3 Å². The maximum Gasteiger partial charge on any atom is 0.200 e. The lowest BCUT2D eigenvalue weighted by Gasteiger charge is -2.28. The van der Waals surface area contributed by atoms with Gasteiger partial charge in [0.2, 0.25) is 5.82 Å². The Hall–Kier alpha value is -2.99. The minimum absolute atomic E-state index is 0.00848. The average Bonchev–Trinajstić information content (AvgIpc) is 2.85. The maximum atomic E-state index is 14.8. The molecule has 1 fully saturated rings. The van der Waals surface area contributed by atoms with E-state index in [1.54, 1.807) is 49.6 Å². The number of hydrogen-bond donors (Lipinski definition) is 0. The van der Waals surface area contributed by atoms with Crippen LogP contribution in [0.2, 0.25) is 0 Å². The van der Waals surface area contributed by atoms with Crippen LogP contribution in [0.15, 0.2) is 54.6 Å². The van der Waals surface area contributed by atoms with Crippen LogP contribution in [0, 0.1) is 17.5 Å². The summed E-state index contributed by atoms with van der Waals surface area (Å²) in [5.41, 5.74) is 2.31. The van der Waals surface area contributed by atoms with E-state index in [1.807, 2.05) is 0 Å². The SMILES string of the molecule is COc1ccc(-c2ccc(COc3ccc(C4CCC(OC)CC4)c(F)c3F)cc2)c(F)c1. The van der Waals surface area contributed by atoms with E-state index in [9.17, 15) is 13.2 Å². The first-order chi connectivity index (χ1) is 16.0. The molecule has 0 saturated heterocycles. The smallest absolute Gasteiger partial charge is 0.200 e. The molecule has 0 heterocycles. The lowest BCUT2D eigenvalue weighted by Crippen LogP contribution is -2.20. The number of halogens is 3. The minimum Gasteiger partial charge on any atom is -0.497 e. The second-order valence-electron chi connectivity index (χ2n) is 8.32. The molecule has 4 rings (SSSR count). The van der Waals surface area contributed by atoms with E-state index < -0.39 is 11.6 Å². The summed E-state index contributed by atoms with van der Waals surface area (Å²) in [6, 6.07) is 14.9. The summed E-state index contributed by atoms with van der Waals surface area (Å²) in [5.74, 6) is -1.86.